The number of hydrogen-bond acceptors (Lipinski definition) is 6. The van der Waals surface area contributed by atoms with Gasteiger partial charge >= 0.3 is 0 Å². The number of aliphatic imine (C=N–C) groups is 1. The van der Waals surface area contributed by atoms with Gasteiger partial charge in [0, 0.05) is 13.1 Å². The molecule has 1 aromatic rings. The number of morpholine rings is 1. The molecule has 0 saturated carbocycles. The first-order valence-electron chi connectivity index (χ1n) is 4.55. The number of nitrogens with zero attached hydrogens (tertiary/aromatic N) is 4. The maximum Gasteiger partial charge on any atom is 0.188 e. The molecule has 0 aromatic carbocycles. The quantitative estimate of drug-likeness (QED) is 0.705. The molecule has 1 saturated heterocycles. The van der Waals surface area contributed by atoms with Crippen molar-refractivity contribution in [3.05, 3.63) is 4.88 Å². The summed E-state index contributed by atoms with van der Waals surface area (Å²) in [5, 5.41) is 9.68. The molecule has 1 aliphatic heterocycles. The number of aromatic nitrogens is 1. The van der Waals surface area contributed by atoms with E-state index < -0.39 is 0 Å². The van der Waals surface area contributed by atoms with Gasteiger partial charge in [-0.15, -0.1) is 0 Å². The molecule has 0 bridgehead atoms. The average molecular weight is 222 g/mol. The highest BCUT2D eigenvalue weighted by Gasteiger charge is 2.17. The molecule has 0 atom stereocenters. The number of rotatable bonds is 2. The van der Waals surface area contributed by atoms with Crippen LogP contribution in [0.4, 0.5) is 10.9 Å². The Morgan fingerprint density at radius 1 is 1.53 bits per heavy atom. The third-order valence-corrected chi connectivity index (χ3v) is 3.14. The van der Waals surface area contributed by atoms with Gasteiger partial charge in [-0.1, -0.05) is 11.3 Å². The minimum absolute atomic E-state index is 0.434. The monoisotopic (exact) mass is 222 g/mol. The van der Waals surface area contributed by atoms with Gasteiger partial charge in [-0.3, -0.25) is 0 Å². The summed E-state index contributed by atoms with van der Waals surface area (Å²) in [6, 6.07) is 2.07. The van der Waals surface area contributed by atoms with Crippen molar-refractivity contribution in [2.75, 3.05) is 31.2 Å². The number of thiazole rings is 1. The van der Waals surface area contributed by atoms with Crippen LogP contribution in [0.5, 0.6) is 0 Å². The predicted molar refractivity (Wildman–Crippen MR) is 59.1 cm³/mol. The van der Waals surface area contributed by atoms with E-state index in [1.54, 1.807) is 0 Å². The Labute approximate surface area is 91.6 Å². The summed E-state index contributed by atoms with van der Waals surface area (Å²) >= 11 is 1.35. The Balaban J connectivity index is 2.24. The molecule has 1 aliphatic rings. The first kappa shape index (κ1) is 10.1. The largest absolute Gasteiger partial charge is 0.378 e. The standard InChI is InChI=1S/C9H10N4OS/c1-11-8-7(6-10)15-9(12-8)13-2-4-14-5-3-13/h1-5H2. The second kappa shape index (κ2) is 4.38. The zero-order chi connectivity index (χ0) is 10.7. The molecule has 2 heterocycles. The SMILES string of the molecule is C=Nc1nc(N2CCOCC2)sc1C#N. The Morgan fingerprint density at radius 3 is 2.80 bits per heavy atom. The number of hydrogen-bond donors (Lipinski definition) is 0. The van der Waals surface area contributed by atoms with Crippen LogP contribution in [0.1, 0.15) is 4.88 Å². The van der Waals surface area contributed by atoms with Crippen LogP contribution in [-0.2, 0) is 4.74 Å². The lowest BCUT2D eigenvalue weighted by Gasteiger charge is -2.25. The summed E-state index contributed by atoms with van der Waals surface area (Å²) in [6.07, 6.45) is 0. The van der Waals surface area contributed by atoms with E-state index in [0.29, 0.717) is 23.9 Å². The van der Waals surface area contributed by atoms with Gasteiger partial charge in [0.2, 0.25) is 0 Å². The van der Waals surface area contributed by atoms with Crippen LogP contribution < -0.4 is 4.90 Å². The van der Waals surface area contributed by atoms with E-state index in [0.717, 1.165) is 18.2 Å². The Bertz CT molecular complexity index is 403. The van der Waals surface area contributed by atoms with E-state index in [1.165, 1.54) is 11.3 Å². The zero-order valence-electron chi connectivity index (χ0n) is 8.14. The molecule has 1 fully saturated rings. The first-order chi connectivity index (χ1) is 7.35. The van der Waals surface area contributed by atoms with Gasteiger partial charge in [0.25, 0.3) is 0 Å². The third kappa shape index (κ3) is 1.98. The van der Waals surface area contributed by atoms with Crippen molar-refractivity contribution in [3.8, 4) is 6.07 Å². The van der Waals surface area contributed by atoms with E-state index >= 15 is 0 Å². The van der Waals surface area contributed by atoms with Crippen LogP contribution in [0.25, 0.3) is 0 Å². The lowest BCUT2D eigenvalue weighted by atomic mass is 10.5. The molecular weight excluding hydrogens is 212 g/mol. The summed E-state index contributed by atoms with van der Waals surface area (Å²) in [4.78, 5) is 10.6. The van der Waals surface area contributed by atoms with Crippen LogP contribution in [0.3, 0.4) is 0 Å². The van der Waals surface area contributed by atoms with Crippen molar-refractivity contribution >= 4 is 29.0 Å². The van der Waals surface area contributed by atoms with Crippen molar-refractivity contribution in [1.82, 2.24) is 4.98 Å². The molecule has 0 spiro atoms. The lowest BCUT2D eigenvalue weighted by Crippen LogP contribution is -2.36. The van der Waals surface area contributed by atoms with E-state index in [1.807, 2.05) is 0 Å². The number of anilines is 1. The molecule has 0 N–H and O–H groups in total. The normalized spacial score (nSPS) is 16.1. The van der Waals surface area contributed by atoms with Crippen molar-refractivity contribution in [3.63, 3.8) is 0 Å². The highest BCUT2D eigenvalue weighted by atomic mass is 32.1. The lowest BCUT2D eigenvalue weighted by molar-refractivity contribution is 0.122. The zero-order valence-corrected chi connectivity index (χ0v) is 8.96. The number of nitriles is 1. The maximum absolute atomic E-state index is 8.85. The van der Waals surface area contributed by atoms with Gasteiger partial charge in [-0.05, 0) is 6.72 Å². The van der Waals surface area contributed by atoms with E-state index in [-0.39, 0.29) is 0 Å². The van der Waals surface area contributed by atoms with Gasteiger partial charge in [-0.2, -0.15) is 10.2 Å². The first-order valence-corrected chi connectivity index (χ1v) is 5.37. The fraction of sp³-hybridized carbons (Fsp3) is 0.444. The van der Waals surface area contributed by atoms with Gasteiger partial charge in [0.1, 0.15) is 6.07 Å². The van der Waals surface area contributed by atoms with Crippen molar-refractivity contribution in [2.45, 2.75) is 0 Å². The van der Waals surface area contributed by atoms with Crippen molar-refractivity contribution in [1.29, 1.82) is 5.26 Å². The highest BCUT2D eigenvalue weighted by molar-refractivity contribution is 7.16. The van der Waals surface area contributed by atoms with Gasteiger partial charge in [-0.25, -0.2) is 4.99 Å². The Morgan fingerprint density at radius 2 is 2.27 bits per heavy atom. The topological polar surface area (TPSA) is 61.5 Å². The van der Waals surface area contributed by atoms with Crippen molar-refractivity contribution < 1.29 is 4.74 Å². The summed E-state index contributed by atoms with van der Waals surface area (Å²) in [5.41, 5.74) is 0. The summed E-state index contributed by atoms with van der Waals surface area (Å²) in [7, 11) is 0. The van der Waals surface area contributed by atoms with E-state index in [4.69, 9.17) is 10.00 Å². The molecule has 0 radical (unpaired) electrons. The van der Waals surface area contributed by atoms with Crippen LogP contribution in [0.2, 0.25) is 0 Å². The van der Waals surface area contributed by atoms with Gasteiger partial charge in [0.15, 0.2) is 15.8 Å². The van der Waals surface area contributed by atoms with Crippen LogP contribution >= 0.6 is 11.3 Å². The third-order valence-electron chi connectivity index (χ3n) is 2.13. The van der Waals surface area contributed by atoms with Crippen LogP contribution in [0, 0.1) is 11.3 Å². The molecule has 6 heteroatoms. The molecule has 1 aromatic heterocycles. The molecule has 15 heavy (non-hydrogen) atoms. The smallest absolute Gasteiger partial charge is 0.188 e. The van der Waals surface area contributed by atoms with E-state index in [2.05, 4.69) is 27.7 Å². The summed E-state index contributed by atoms with van der Waals surface area (Å²) in [5.74, 6) is 0.434. The van der Waals surface area contributed by atoms with E-state index in [9.17, 15) is 0 Å². The average Bonchev–Trinajstić information content (AvgIpc) is 2.73. The minimum Gasteiger partial charge on any atom is -0.378 e. The molecule has 0 unspecified atom stereocenters. The summed E-state index contributed by atoms with van der Waals surface area (Å²) < 4.78 is 5.25. The molecule has 78 valence electrons. The van der Waals surface area contributed by atoms with Gasteiger partial charge < -0.3 is 9.64 Å². The van der Waals surface area contributed by atoms with Gasteiger partial charge in [0.05, 0.1) is 13.2 Å². The second-order valence-electron chi connectivity index (χ2n) is 3.02. The van der Waals surface area contributed by atoms with Crippen LogP contribution in [0.15, 0.2) is 4.99 Å². The highest BCUT2D eigenvalue weighted by Crippen LogP contribution is 2.30. The maximum atomic E-state index is 8.85. The predicted octanol–water partition coefficient (Wildman–Crippen LogP) is 1.18. The number of ether oxygens (including phenoxy) is 1. The molecule has 0 aliphatic carbocycles. The molecule has 5 nitrogen and oxygen atoms in total. The fourth-order valence-electron chi connectivity index (χ4n) is 1.37. The minimum atomic E-state index is 0.434. The Hall–Kier alpha value is -1.45. The fourth-order valence-corrected chi connectivity index (χ4v) is 2.24. The second-order valence-corrected chi connectivity index (χ2v) is 4.00. The van der Waals surface area contributed by atoms with Crippen LogP contribution in [-0.4, -0.2) is 38.0 Å². The van der Waals surface area contributed by atoms with Crippen molar-refractivity contribution in [2.24, 2.45) is 4.99 Å². The Kier molecular flexibility index (Phi) is 2.94. The molecule has 2 rings (SSSR count). The molecule has 0 amide bonds. The molecular formula is C9H10N4OS. The summed E-state index contributed by atoms with van der Waals surface area (Å²) in [6.45, 7) is 6.44.